The molecule has 19 heavy (non-hydrogen) atoms. The van der Waals surface area contributed by atoms with Crippen molar-refractivity contribution in [3.63, 3.8) is 0 Å². The number of rotatable bonds is 4. The first kappa shape index (κ1) is 12.7. The summed E-state index contributed by atoms with van der Waals surface area (Å²) in [6, 6.07) is 11.2. The van der Waals surface area contributed by atoms with Crippen LogP contribution in [0.4, 0.5) is 5.69 Å². The van der Waals surface area contributed by atoms with Gasteiger partial charge in [-0.2, -0.15) is 0 Å². The van der Waals surface area contributed by atoms with Crippen molar-refractivity contribution in [1.82, 2.24) is 5.32 Å². The molecule has 0 aliphatic rings. The maximum atomic E-state index is 11.8. The Morgan fingerprint density at radius 3 is 2.79 bits per heavy atom. The van der Waals surface area contributed by atoms with Crippen molar-refractivity contribution in [2.24, 2.45) is 0 Å². The van der Waals surface area contributed by atoms with Crippen molar-refractivity contribution in [2.45, 2.75) is 6.54 Å². The second-order valence-corrected chi connectivity index (χ2v) is 3.88. The van der Waals surface area contributed by atoms with Gasteiger partial charge >= 0.3 is 0 Å². The molecule has 0 radical (unpaired) electrons. The van der Waals surface area contributed by atoms with Crippen LogP contribution in [0, 0.1) is 10.1 Å². The van der Waals surface area contributed by atoms with Crippen LogP contribution in [-0.2, 0) is 6.54 Å². The Morgan fingerprint density at radius 1 is 1.26 bits per heavy atom. The number of H-pyrrole nitrogens is 1. The number of carbonyl (C=O) groups is 1. The summed E-state index contributed by atoms with van der Waals surface area (Å²) in [5, 5.41) is 13.3. The molecule has 0 atom stereocenters. The van der Waals surface area contributed by atoms with Gasteiger partial charge in [-0.1, -0.05) is 12.1 Å². The van der Waals surface area contributed by atoms with E-state index in [4.69, 9.17) is 0 Å². The van der Waals surface area contributed by atoms with Gasteiger partial charge in [-0.05, 0) is 6.07 Å². The molecule has 1 aromatic carbocycles. The molecule has 0 saturated heterocycles. The summed E-state index contributed by atoms with van der Waals surface area (Å²) < 4.78 is 0. The summed E-state index contributed by atoms with van der Waals surface area (Å²) in [4.78, 5) is 24.9. The Hall–Kier alpha value is -2.76. The maximum Gasteiger partial charge on any atom is 0.270 e. The van der Waals surface area contributed by atoms with Gasteiger partial charge in [0, 0.05) is 29.8 Å². The highest BCUT2D eigenvalue weighted by Crippen LogP contribution is 2.12. The Labute approximate surface area is 109 Å². The van der Waals surface area contributed by atoms with Crippen molar-refractivity contribution in [2.75, 3.05) is 0 Å². The van der Waals surface area contributed by atoms with E-state index in [0.29, 0.717) is 6.54 Å². The summed E-state index contributed by atoms with van der Waals surface area (Å²) in [5.74, 6) is -0.346. The molecular formula is C13H12N3O3+. The van der Waals surface area contributed by atoms with Gasteiger partial charge in [-0.3, -0.25) is 14.9 Å². The third-order valence-corrected chi connectivity index (χ3v) is 2.53. The monoisotopic (exact) mass is 258 g/mol. The van der Waals surface area contributed by atoms with Crippen LogP contribution >= 0.6 is 0 Å². The zero-order valence-corrected chi connectivity index (χ0v) is 10.00. The Bertz CT molecular complexity index is 599. The second kappa shape index (κ2) is 5.72. The molecule has 0 unspecified atom stereocenters. The minimum absolute atomic E-state index is 0.0982. The number of nitrogens with one attached hydrogen (secondary N) is 2. The van der Waals surface area contributed by atoms with Crippen molar-refractivity contribution < 1.29 is 14.7 Å². The van der Waals surface area contributed by atoms with Gasteiger partial charge in [0.05, 0.1) is 4.92 Å². The van der Waals surface area contributed by atoms with Crippen LogP contribution in [0.25, 0.3) is 0 Å². The van der Waals surface area contributed by atoms with Gasteiger partial charge in [-0.15, -0.1) is 0 Å². The molecule has 6 heteroatoms. The number of non-ortho nitro benzene ring substituents is 1. The quantitative estimate of drug-likeness (QED) is 0.663. The second-order valence-electron chi connectivity index (χ2n) is 3.88. The fourth-order valence-electron chi connectivity index (χ4n) is 1.58. The van der Waals surface area contributed by atoms with E-state index in [9.17, 15) is 14.9 Å². The highest BCUT2D eigenvalue weighted by Gasteiger charge is 2.11. The number of pyridine rings is 1. The molecule has 2 rings (SSSR count). The molecular weight excluding hydrogens is 246 g/mol. The zero-order valence-electron chi connectivity index (χ0n) is 10.00. The predicted molar refractivity (Wildman–Crippen MR) is 67.3 cm³/mol. The number of aromatic amines is 1. The molecule has 0 saturated carbocycles. The molecule has 0 aliphatic carbocycles. The largest absolute Gasteiger partial charge is 0.342 e. The number of nitrogens with zero attached hydrogens (tertiary/aromatic N) is 1. The molecule has 0 fully saturated rings. The topological polar surface area (TPSA) is 86.4 Å². The first-order chi connectivity index (χ1) is 9.16. The van der Waals surface area contributed by atoms with Gasteiger partial charge in [-0.25, -0.2) is 4.98 Å². The molecule has 1 amide bonds. The molecule has 0 aliphatic heterocycles. The number of aromatic nitrogens is 1. The van der Waals surface area contributed by atoms with E-state index in [0.717, 1.165) is 5.69 Å². The SMILES string of the molecule is O=C(NCc1cccc[nH+]1)c1cccc([N+](=O)[O-])c1. The van der Waals surface area contributed by atoms with Crippen LogP contribution in [0.1, 0.15) is 16.1 Å². The summed E-state index contributed by atoms with van der Waals surface area (Å²) >= 11 is 0. The van der Waals surface area contributed by atoms with Crippen LogP contribution in [-0.4, -0.2) is 10.8 Å². The minimum Gasteiger partial charge on any atom is -0.342 e. The standard InChI is InChI=1S/C13H11N3O3/c17-13(15-9-11-5-1-2-7-14-11)10-4-3-6-12(8-10)16(18)19/h1-8H,9H2,(H,15,17)/p+1. The van der Waals surface area contributed by atoms with E-state index < -0.39 is 4.92 Å². The van der Waals surface area contributed by atoms with Gasteiger partial charge in [0.1, 0.15) is 6.54 Å². The van der Waals surface area contributed by atoms with Crippen molar-refractivity contribution in [3.8, 4) is 0 Å². The van der Waals surface area contributed by atoms with E-state index in [-0.39, 0.29) is 17.2 Å². The van der Waals surface area contributed by atoms with E-state index in [1.165, 1.54) is 24.3 Å². The molecule has 1 heterocycles. The predicted octanol–water partition coefficient (Wildman–Crippen LogP) is 1.34. The molecule has 2 aromatic rings. The Morgan fingerprint density at radius 2 is 2.11 bits per heavy atom. The number of hydrogen-bond donors (Lipinski definition) is 1. The average molecular weight is 258 g/mol. The smallest absolute Gasteiger partial charge is 0.270 e. The molecule has 0 bridgehead atoms. The number of nitro benzene ring substituents is 1. The number of carbonyl (C=O) groups excluding carboxylic acids is 1. The summed E-state index contributed by atoms with van der Waals surface area (Å²) in [5.41, 5.74) is 1.02. The lowest BCUT2D eigenvalue weighted by molar-refractivity contribution is -0.390. The Kier molecular flexibility index (Phi) is 3.82. The fraction of sp³-hybridized carbons (Fsp3) is 0.0769. The third-order valence-electron chi connectivity index (χ3n) is 2.53. The highest BCUT2D eigenvalue weighted by molar-refractivity contribution is 5.94. The normalized spacial score (nSPS) is 9.89. The van der Waals surface area contributed by atoms with E-state index >= 15 is 0 Å². The van der Waals surface area contributed by atoms with Crippen LogP contribution in [0.15, 0.2) is 48.7 Å². The Balaban J connectivity index is 2.04. The van der Waals surface area contributed by atoms with Crippen molar-refractivity contribution in [3.05, 3.63) is 70.0 Å². The van der Waals surface area contributed by atoms with Crippen molar-refractivity contribution in [1.29, 1.82) is 0 Å². The number of benzene rings is 1. The van der Waals surface area contributed by atoms with Gasteiger partial charge in [0.15, 0.2) is 11.9 Å². The zero-order chi connectivity index (χ0) is 13.7. The van der Waals surface area contributed by atoms with Gasteiger partial charge < -0.3 is 5.32 Å². The average Bonchev–Trinajstić information content (AvgIpc) is 2.46. The maximum absolute atomic E-state index is 11.8. The third kappa shape index (κ3) is 3.35. The summed E-state index contributed by atoms with van der Waals surface area (Å²) in [6.07, 6.45) is 1.76. The lowest BCUT2D eigenvalue weighted by Gasteiger charge is -2.02. The van der Waals surface area contributed by atoms with Crippen LogP contribution in [0.3, 0.4) is 0 Å². The van der Waals surface area contributed by atoms with Crippen LogP contribution < -0.4 is 10.3 Å². The number of amides is 1. The van der Waals surface area contributed by atoms with Crippen molar-refractivity contribution >= 4 is 11.6 Å². The lowest BCUT2D eigenvalue weighted by Crippen LogP contribution is -2.26. The number of nitro groups is 1. The molecule has 2 N–H and O–H groups in total. The van der Waals surface area contributed by atoms with Crippen LogP contribution in [0.2, 0.25) is 0 Å². The van der Waals surface area contributed by atoms with E-state index in [2.05, 4.69) is 10.3 Å². The van der Waals surface area contributed by atoms with Gasteiger partial charge in [0.25, 0.3) is 11.6 Å². The first-order valence-corrected chi connectivity index (χ1v) is 5.65. The molecule has 1 aromatic heterocycles. The summed E-state index contributed by atoms with van der Waals surface area (Å²) in [6.45, 7) is 0.336. The molecule has 0 spiro atoms. The molecule has 6 nitrogen and oxygen atoms in total. The first-order valence-electron chi connectivity index (χ1n) is 5.65. The van der Waals surface area contributed by atoms with Gasteiger partial charge in [0.2, 0.25) is 0 Å². The molecule has 96 valence electrons. The van der Waals surface area contributed by atoms with Crippen LogP contribution in [0.5, 0.6) is 0 Å². The van der Waals surface area contributed by atoms with E-state index in [1.807, 2.05) is 18.2 Å². The number of hydrogen-bond acceptors (Lipinski definition) is 3. The minimum atomic E-state index is -0.526. The van der Waals surface area contributed by atoms with E-state index in [1.54, 1.807) is 6.20 Å². The highest BCUT2D eigenvalue weighted by atomic mass is 16.6. The summed E-state index contributed by atoms with van der Waals surface area (Å²) in [7, 11) is 0. The fourth-order valence-corrected chi connectivity index (χ4v) is 1.58. The lowest BCUT2D eigenvalue weighted by atomic mass is 10.2.